The van der Waals surface area contributed by atoms with E-state index in [1.807, 2.05) is 43.3 Å². The summed E-state index contributed by atoms with van der Waals surface area (Å²) in [6.45, 7) is 4.36. The second-order valence-corrected chi connectivity index (χ2v) is 9.39. The fourth-order valence-electron chi connectivity index (χ4n) is 3.80. The summed E-state index contributed by atoms with van der Waals surface area (Å²) in [4.78, 5) is 12.3. The van der Waals surface area contributed by atoms with E-state index in [2.05, 4.69) is 6.92 Å². The van der Waals surface area contributed by atoms with Gasteiger partial charge in [0.2, 0.25) is 0 Å². The molecule has 0 radical (unpaired) electrons. The smallest absolute Gasteiger partial charge is 0.264 e. The third-order valence-corrected chi connectivity index (χ3v) is 7.33. The zero-order valence-corrected chi connectivity index (χ0v) is 16.8. The van der Waals surface area contributed by atoms with Crippen molar-refractivity contribution in [2.75, 3.05) is 10.8 Å². The highest BCUT2D eigenvalue weighted by molar-refractivity contribution is 7.92. The van der Waals surface area contributed by atoms with Crippen LogP contribution < -0.4 is 4.31 Å². The highest BCUT2D eigenvalue weighted by atomic mass is 32.2. The van der Waals surface area contributed by atoms with Crippen LogP contribution in [0.2, 0.25) is 0 Å². The SMILES string of the molecule is CCCCC1(C=O)CCN(S(=O)(=O)c2ccc(C)cc2)c2ccccc2C1. The fraction of sp³-hybridized carbons (Fsp3) is 0.409. The van der Waals surface area contributed by atoms with Gasteiger partial charge in [-0.05, 0) is 49.9 Å². The number of para-hydroxylation sites is 1. The molecule has 1 atom stereocenters. The highest BCUT2D eigenvalue weighted by Gasteiger charge is 2.37. The summed E-state index contributed by atoms with van der Waals surface area (Å²) >= 11 is 0. The lowest BCUT2D eigenvalue weighted by Gasteiger charge is -2.27. The molecular formula is C22H27NO3S. The molecule has 2 aromatic rings. The summed E-state index contributed by atoms with van der Waals surface area (Å²) in [5, 5.41) is 0. The molecular weight excluding hydrogens is 358 g/mol. The molecule has 1 heterocycles. The van der Waals surface area contributed by atoms with E-state index in [1.165, 1.54) is 4.31 Å². The molecule has 144 valence electrons. The molecule has 0 bridgehead atoms. The molecule has 1 aliphatic heterocycles. The Balaban J connectivity index is 2.05. The number of carbonyl (C=O) groups excluding carboxylic acids is 1. The zero-order chi connectivity index (χ0) is 19.5. The van der Waals surface area contributed by atoms with E-state index in [9.17, 15) is 13.2 Å². The van der Waals surface area contributed by atoms with Gasteiger partial charge < -0.3 is 4.79 Å². The normalized spacial score (nSPS) is 20.0. The molecule has 4 nitrogen and oxygen atoms in total. The standard InChI is InChI=1S/C22H27NO3S/c1-3-4-13-22(17-24)14-15-23(21-8-6-5-7-19(21)16-22)27(25,26)20-11-9-18(2)10-12-20/h5-12,17H,3-4,13-16H2,1-2H3. The van der Waals surface area contributed by atoms with Gasteiger partial charge in [-0.25, -0.2) is 8.42 Å². The summed E-state index contributed by atoms with van der Waals surface area (Å²) in [6.07, 6.45) is 4.96. The fourth-order valence-corrected chi connectivity index (χ4v) is 5.31. The Morgan fingerprint density at radius 1 is 1.11 bits per heavy atom. The molecule has 0 aliphatic carbocycles. The van der Waals surface area contributed by atoms with Crippen molar-refractivity contribution in [2.24, 2.45) is 5.41 Å². The number of nitrogens with zero attached hydrogens (tertiary/aromatic N) is 1. The molecule has 2 aromatic carbocycles. The molecule has 0 saturated heterocycles. The van der Waals surface area contributed by atoms with Crippen LogP contribution in [0.4, 0.5) is 5.69 Å². The lowest BCUT2D eigenvalue weighted by molar-refractivity contribution is -0.116. The molecule has 0 spiro atoms. The van der Waals surface area contributed by atoms with Gasteiger partial charge in [0.05, 0.1) is 10.6 Å². The van der Waals surface area contributed by atoms with Crippen LogP contribution in [0.1, 0.15) is 43.7 Å². The number of fused-ring (bicyclic) bond motifs is 1. The van der Waals surface area contributed by atoms with Crippen LogP contribution in [0.5, 0.6) is 0 Å². The van der Waals surface area contributed by atoms with Crippen molar-refractivity contribution in [1.29, 1.82) is 0 Å². The highest BCUT2D eigenvalue weighted by Crippen LogP contribution is 2.40. The van der Waals surface area contributed by atoms with Gasteiger partial charge in [0.1, 0.15) is 6.29 Å². The number of carbonyl (C=O) groups is 1. The average Bonchev–Trinajstić information content (AvgIpc) is 2.84. The van der Waals surface area contributed by atoms with Crippen LogP contribution >= 0.6 is 0 Å². The number of rotatable bonds is 6. The number of unbranched alkanes of at least 4 members (excludes halogenated alkanes) is 1. The average molecular weight is 386 g/mol. The minimum absolute atomic E-state index is 0.287. The number of anilines is 1. The predicted molar refractivity (Wildman–Crippen MR) is 108 cm³/mol. The second-order valence-electron chi connectivity index (χ2n) is 7.53. The Morgan fingerprint density at radius 3 is 2.48 bits per heavy atom. The molecule has 3 rings (SSSR count). The van der Waals surface area contributed by atoms with Crippen molar-refractivity contribution < 1.29 is 13.2 Å². The van der Waals surface area contributed by atoms with Crippen LogP contribution in [0.25, 0.3) is 0 Å². The van der Waals surface area contributed by atoms with Crippen LogP contribution in [0.3, 0.4) is 0 Å². The second kappa shape index (κ2) is 7.85. The van der Waals surface area contributed by atoms with Crippen molar-refractivity contribution in [1.82, 2.24) is 0 Å². The van der Waals surface area contributed by atoms with E-state index in [4.69, 9.17) is 0 Å². The Hall–Kier alpha value is -2.14. The van der Waals surface area contributed by atoms with Crippen LogP contribution in [-0.2, 0) is 21.2 Å². The molecule has 0 aromatic heterocycles. The lowest BCUT2D eigenvalue weighted by atomic mass is 9.76. The van der Waals surface area contributed by atoms with Gasteiger partial charge in [0.15, 0.2) is 0 Å². The van der Waals surface area contributed by atoms with Gasteiger partial charge in [-0.2, -0.15) is 0 Å². The molecule has 27 heavy (non-hydrogen) atoms. The number of aldehydes is 1. The molecule has 1 unspecified atom stereocenters. The monoisotopic (exact) mass is 385 g/mol. The van der Waals surface area contributed by atoms with Crippen LogP contribution in [0, 0.1) is 12.3 Å². The van der Waals surface area contributed by atoms with E-state index in [1.54, 1.807) is 12.1 Å². The van der Waals surface area contributed by atoms with E-state index in [0.717, 1.165) is 36.7 Å². The van der Waals surface area contributed by atoms with Gasteiger partial charge in [0, 0.05) is 12.0 Å². The Labute approximate surface area is 162 Å². The third kappa shape index (κ3) is 3.93. The Kier molecular flexibility index (Phi) is 5.70. The van der Waals surface area contributed by atoms with Crippen molar-refractivity contribution in [3.05, 3.63) is 59.7 Å². The number of hydrogen-bond acceptors (Lipinski definition) is 3. The van der Waals surface area contributed by atoms with Gasteiger partial charge >= 0.3 is 0 Å². The van der Waals surface area contributed by atoms with Crippen molar-refractivity contribution in [2.45, 2.75) is 50.8 Å². The third-order valence-electron chi connectivity index (χ3n) is 5.50. The molecule has 0 fully saturated rings. The summed E-state index contributed by atoms with van der Waals surface area (Å²) in [5.74, 6) is 0. The summed E-state index contributed by atoms with van der Waals surface area (Å²) in [6, 6.07) is 14.5. The molecule has 5 heteroatoms. The van der Waals surface area contributed by atoms with Crippen LogP contribution in [0.15, 0.2) is 53.4 Å². The lowest BCUT2D eigenvalue weighted by Crippen LogP contribution is -2.34. The van der Waals surface area contributed by atoms with Gasteiger partial charge in [-0.3, -0.25) is 4.31 Å². The number of hydrogen-bond donors (Lipinski definition) is 0. The largest absolute Gasteiger partial charge is 0.303 e. The first-order valence-electron chi connectivity index (χ1n) is 9.55. The Bertz CT molecular complexity index is 905. The maximum atomic E-state index is 13.4. The quantitative estimate of drug-likeness (QED) is 0.688. The zero-order valence-electron chi connectivity index (χ0n) is 16.0. The molecule has 0 N–H and O–H groups in total. The van der Waals surface area contributed by atoms with Gasteiger partial charge in [0.25, 0.3) is 10.0 Å². The maximum absolute atomic E-state index is 13.4. The minimum Gasteiger partial charge on any atom is -0.303 e. The maximum Gasteiger partial charge on any atom is 0.264 e. The summed E-state index contributed by atoms with van der Waals surface area (Å²) < 4.78 is 28.2. The predicted octanol–water partition coefficient (Wildman–Crippen LogP) is 4.51. The minimum atomic E-state index is -3.68. The van der Waals surface area contributed by atoms with Gasteiger partial charge in [-0.15, -0.1) is 0 Å². The molecule has 0 saturated carbocycles. The first-order chi connectivity index (χ1) is 12.9. The van der Waals surface area contributed by atoms with Crippen LogP contribution in [-0.4, -0.2) is 21.2 Å². The van der Waals surface area contributed by atoms with E-state index in [-0.39, 0.29) is 4.90 Å². The summed E-state index contributed by atoms with van der Waals surface area (Å²) in [7, 11) is -3.68. The Morgan fingerprint density at radius 2 is 1.81 bits per heavy atom. The number of aryl methyl sites for hydroxylation is 1. The first-order valence-corrected chi connectivity index (χ1v) is 11.0. The molecule has 1 aliphatic rings. The topological polar surface area (TPSA) is 54.5 Å². The van der Waals surface area contributed by atoms with E-state index >= 15 is 0 Å². The summed E-state index contributed by atoms with van der Waals surface area (Å²) in [5.41, 5.74) is 2.14. The molecule has 0 amide bonds. The number of sulfonamides is 1. The van der Waals surface area contributed by atoms with E-state index in [0.29, 0.717) is 25.1 Å². The van der Waals surface area contributed by atoms with E-state index < -0.39 is 15.4 Å². The first kappa shape index (κ1) is 19.6. The number of benzene rings is 2. The van der Waals surface area contributed by atoms with Crippen molar-refractivity contribution >= 4 is 22.0 Å². The van der Waals surface area contributed by atoms with Gasteiger partial charge in [-0.1, -0.05) is 55.7 Å². The van der Waals surface area contributed by atoms with Crippen molar-refractivity contribution in [3.63, 3.8) is 0 Å². The van der Waals surface area contributed by atoms with Crippen molar-refractivity contribution in [3.8, 4) is 0 Å².